The first kappa shape index (κ1) is 13.9. The first-order valence-electron chi connectivity index (χ1n) is 6.16. The molecule has 1 unspecified atom stereocenters. The highest BCUT2D eigenvalue weighted by molar-refractivity contribution is 6.30. The normalized spacial score (nSPS) is 12.4. The summed E-state index contributed by atoms with van der Waals surface area (Å²) in [6.45, 7) is 2.82. The Morgan fingerprint density at radius 1 is 1.32 bits per heavy atom. The van der Waals surface area contributed by atoms with Crippen LogP contribution in [0, 0.1) is 5.82 Å². The number of nitrogens with zero attached hydrogens (tertiary/aromatic N) is 2. The molecule has 0 bridgehead atoms. The molecule has 0 fully saturated rings. The molecule has 1 atom stereocenters. The van der Waals surface area contributed by atoms with Crippen molar-refractivity contribution >= 4 is 11.6 Å². The van der Waals surface area contributed by atoms with Crippen molar-refractivity contribution in [3.63, 3.8) is 0 Å². The van der Waals surface area contributed by atoms with Gasteiger partial charge in [0.15, 0.2) is 0 Å². The molecular weight excluding hydrogens is 265 g/mol. The van der Waals surface area contributed by atoms with Crippen molar-refractivity contribution in [2.45, 2.75) is 19.4 Å². The number of halogens is 2. The first-order valence-corrected chi connectivity index (χ1v) is 6.54. The summed E-state index contributed by atoms with van der Waals surface area (Å²) in [7, 11) is 0. The zero-order valence-electron chi connectivity index (χ0n) is 10.6. The van der Waals surface area contributed by atoms with Gasteiger partial charge in [0.25, 0.3) is 0 Å². The molecule has 0 amide bonds. The standard InChI is InChI=1S/C14H15ClFN3/c1-2-6-19-14(10-7-17-9-18-8-10)11-4-3-5-12(15)13(11)16/h3-5,7-9,14,19H,2,6H2,1H3. The van der Waals surface area contributed by atoms with Crippen LogP contribution in [0.25, 0.3) is 0 Å². The molecule has 19 heavy (non-hydrogen) atoms. The van der Waals surface area contributed by atoms with E-state index in [1.165, 1.54) is 6.33 Å². The number of nitrogens with one attached hydrogen (secondary N) is 1. The van der Waals surface area contributed by atoms with E-state index in [2.05, 4.69) is 22.2 Å². The molecule has 0 saturated heterocycles. The molecule has 0 aliphatic heterocycles. The van der Waals surface area contributed by atoms with Crippen molar-refractivity contribution in [2.75, 3.05) is 6.54 Å². The smallest absolute Gasteiger partial charge is 0.146 e. The predicted molar refractivity (Wildman–Crippen MR) is 73.6 cm³/mol. The number of aromatic nitrogens is 2. The molecule has 1 aromatic heterocycles. The Hall–Kier alpha value is -1.52. The highest BCUT2D eigenvalue weighted by Gasteiger charge is 2.19. The van der Waals surface area contributed by atoms with Gasteiger partial charge < -0.3 is 5.32 Å². The van der Waals surface area contributed by atoms with Crippen LogP contribution in [0.2, 0.25) is 5.02 Å². The Balaban J connectivity index is 2.40. The fourth-order valence-corrected chi connectivity index (χ4v) is 2.08. The van der Waals surface area contributed by atoms with Gasteiger partial charge in [-0.05, 0) is 19.0 Å². The zero-order chi connectivity index (χ0) is 13.7. The van der Waals surface area contributed by atoms with Gasteiger partial charge in [-0.2, -0.15) is 0 Å². The second kappa shape index (κ2) is 6.59. The summed E-state index contributed by atoms with van der Waals surface area (Å²) in [4.78, 5) is 7.97. The Kier molecular flexibility index (Phi) is 4.82. The third kappa shape index (κ3) is 3.28. The molecule has 0 aliphatic carbocycles. The lowest BCUT2D eigenvalue weighted by Crippen LogP contribution is -2.24. The number of rotatable bonds is 5. The predicted octanol–water partition coefficient (Wildman–Crippen LogP) is 3.36. The second-order valence-corrected chi connectivity index (χ2v) is 4.61. The van der Waals surface area contributed by atoms with Crippen molar-refractivity contribution in [2.24, 2.45) is 0 Å². The Morgan fingerprint density at radius 2 is 2.05 bits per heavy atom. The molecule has 1 aromatic carbocycles. The summed E-state index contributed by atoms with van der Waals surface area (Å²) >= 11 is 5.85. The monoisotopic (exact) mass is 279 g/mol. The lowest BCUT2D eigenvalue weighted by Gasteiger charge is -2.19. The Morgan fingerprint density at radius 3 is 2.74 bits per heavy atom. The van der Waals surface area contributed by atoms with Crippen molar-refractivity contribution < 1.29 is 4.39 Å². The van der Waals surface area contributed by atoms with Gasteiger partial charge in [0.05, 0.1) is 11.1 Å². The third-order valence-corrected chi connectivity index (χ3v) is 3.10. The fraction of sp³-hybridized carbons (Fsp3) is 0.286. The van der Waals surface area contributed by atoms with Crippen molar-refractivity contribution in [1.29, 1.82) is 0 Å². The highest BCUT2D eigenvalue weighted by Crippen LogP contribution is 2.27. The van der Waals surface area contributed by atoms with Gasteiger partial charge in [0, 0.05) is 23.5 Å². The van der Waals surface area contributed by atoms with E-state index in [4.69, 9.17) is 11.6 Å². The van der Waals surface area contributed by atoms with E-state index >= 15 is 0 Å². The van der Waals surface area contributed by atoms with E-state index in [1.54, 1.807) is 30.6 Å². The summed E-state index contributed by atoms with van der Waals surface area (Å²) in [6.07, 6.45) is 5.77. The average molecular weight is 280 g/mol. The molecular formula is C14H15ClFN3. The van der Waals surface area contributed by atoms with Crippen LogP contribution in [0.5, 0.6) is 0 Å². The van der Waals surface area contributed by atoms with Gasteiger partial charge in [-0.15, -0.1) is 0 Å². The van der Waals surface area contributed by atoms with Crippen molar-refractivity contribution in [3.8, 4) is 0 Å². The maximum absolute atomic E-state index is 14.2. The average Bonchev–Trinajstić information content (AvgIpc) is 2.45. The van der Waals surface area contributed by atoms with Crippen LogP contribution in [0.4, 0.5) is 4.39 Å². The third-order valence-electron chi connectivity index (χ3n) is 2.80. The second-order valence-electron chi connectivity index (χ2n) is 4.20. The van der Waals surface area contributed by atoms with Crippen molar-refractivity contribution in [1.82, 2.24) is 15.3 Å². The highest BCUT2D eigenvalue weighted by atomic mass is 35.5. The van der Waals surface area contributed by atoms with E-state index in [0.29, 0.717) is 5.56 Å². The molecule has 0 saturated carbocycles. The van der Waals surface area contributed by atoms with Crippen LogP contribution in [-0.4, -0.2) is 16.5 Å². The van der Waals surface area contributed by atoms with Crippen LogP contribution in [-0.2, 0) is 0 Å². The van der Waals surface area contributed by atoms with E-state index in [0.717, 1.165) is 18.5 Å². The lowest BCUT2D eigenvalue weighted by molar-refractivity contribution is 0.545. The quantitative estimate of drug-likeness (QED) is 0.912. The van der Waals surface area contributed by atoms with E-state index in [-0.39, 0.29) is 11.1 Å². The minimum Gasteiger partial charge on any atom is -0.306 e. The summed E-state index contributed by atoms with van der Waals surface area (Å²) in [6, 6.07) is 4.71. The molecule has 0 radical (unpaired) electrons. The summed E-state index contributed by atoms with van der Waals surface area (Å²) in [5, 5.41) is 3.41. The minimum absolute atomic E-state index is 0.123. The molecule has 100 valence electrons. The molecule has 0 spiro atoms. The fourth-order valence-electron chi connectivity index (χ4n) is 1.90. The largest absolute Gasteiger partial charge is 0.306 e. The van der Waals surface area contributed by atoms with E-state index in [1.807, 2.05) is 0 Å². The number of benzene rings is 1. The summed E-state index contributed by atoms with van der Waals surface area (Å²) in [5.74, 6) is -0.401. The lowest BCUT2D eigenvalue weighted by atomic mass is 10.0. The summed E-state index contributed by atoms with van der Waals surface area (Å²) < 4.78 is 14.2. The van der Waals surface area contributed by atoms with Gasteiger partial charge in [-0.3, -0.25) is 0 Å². The van der Waals surface area contributed by atoms with Crippen LogP contribution in [0.3, 0.4) is 0 Å². The van der Waals surface area contributed by atoms with E-state index in [9.17, 15) is 4.39 Å². The molecule has 1 heterocycles. The maximum atomic E-state index is 14.2. The minimum atomic E-state index is -0.401. The van der Waals surface area contributed by atoms with Crippen molar-refractivity contribution in [3.05, 3.63) is 58.9 Å². The molecule has 2 aromatic rings. The molecule has 1 N–H and O–H groups in total. The van der Waals surface area contributed by atoms with Gasteiger partial charge >= 0.3 is 0 Å². The maximum Gasteiger partial charge on any atom is 0.146 e. The molecule has 2 rings (SSSR count). The van der Waals surface area contributed by atoms with Gasteiger partial charge in [0.1, 0.15) is 12.1 Å². The zero-order valence-corrected chi connectivity index (χ0v) is 11.4. The van der Waals surface area contributed by atoms with Crippen LogP contribution in [0.1, 0.15) is 30.5 Å². The van der Waals surface area contributed by atoms with Crippen LogP contribution >= 0.6 is 11.6 Å². The van der Waals surface area contributed by atoms with Crippen LogP contribution in [0.15, 0.2) is 36.9 Å². The number of hydrogen-bond acceptors (Lipinski definition) is 3. The SMILES string of the molecule is CCCNC(c1cncnc1)c1cccc(Cl)c1F. The number of hydrogen-bond donors (Lipinski definition) is 1. The topological polar surface area (TPSA) is 37.8 Å². The van der Waals surface area contributed by atoms with E-state index < -0.39 is 5.82 Å². The van der Waals surface area contributed by atoms with Gasteiger partial charge in [-0.25, -0.2) is 14.4 Å². The Labute approximate surface area is 116 Å². The Bertz CT molecular complexity index is 533. The molecule has 3 nitrogen and oxygen atoms in total. The van der Waals surface area contributed by atoms with Crippen LogP contribution < -0.4 is 5.32 Å². The first-order chi connectivity index (χ1) is 9.24. The molecule has 0 aliphatic rings. The van der Waals surface area contributed by atoms with Gasteiger partial charge in [0.2, 0.25) is 0 Å². The summed E-state index contributed by atoms with van der Waals surface area (Å²) in [5.41, 5.74) is 1.33. The molecule has 5 heteroatoms. The van der Waals surface area contributed by atoms with Gasteiger partial charge in [-0.1, -0.05) is 30.7 Å².